The monoisotopic (exact) mass is 285 g/mol. The Hall–Kier alpha value is -1.86. The molecular formula is C17H23N3O. The molecule has 1 saturated carbocycles. The van der Waals surface area contributed by atoms with E-state index in [1.165, 1.54) is 12.8 Å². The molecule has 0 atom stereocenters. The van der Waals surface area contributed by atoms with E-state index < -0.39 is 0 Å². The Morgan fingerprint density at radius 2 is 2.00 bits per heavy atom. The minimum absolute atomic E-state index is 0.0563. The fraction of sp³-hybridized carbons (Fsp3) is 0.529. The van der Waals surface area contributed by atoms with Crippen molar-refractivity contribution in [2.45, 2.75) is 31.7 Å². The quantitative estimate of drug-likeness (QED) is 0.835. The Kier molecular flexibility index (Phi) is 5.35. The SMILES string of the molecule is CN(C)CCN(C(=O)c1cccc(C#N)c1)C1CCCC1. The second-order valence-corrected chi connectivity index (χ2v) is 5.93. The summed E-state index contributed by atoms with van der Waals surface area (Å²) in [7, 11) is 4.04. The van der Waals surface area contributed by atoms with Crippen molar-refractivity contribution in [1.29, 1.82) is 5.26 Å². The number of nitriles is 1. The molecule has 0 N–H and O–H groups in total. The molecule has 1 amide bonds. The van der Waals surface area contributed by atoms with Crippen LogP contribution in [-0.2, 0) is 0 Å². The Morgan fingerprint density at radius 1 is 1.29 bits per heavy atom. The molecule has 1 aliphatic rings. The van der Waals surface area contributed by atoms with E-state index in [9.17, 15) is 4.79 Å². The van der Waals surface area contributed by atoms with Crippen molar-refractivity contribution < 1.29 is 4.79 Å². The highest BCUT2D eigenvalue weighted by atomic mass is 16.2. The molecule has 0 aliphatic heterocycles. The van der Waals surface area contributed by atoms with Crippen LogP contribution in [0.3, 0.4) is 0 Å². The first-order valence-electron chi connectivity index (χ1n) is 7.57. The third kappa shape index (κ3) is 4.05. The van der Waals surface area contributed by atoms with Gasteiger partial charge in [0.15, 0.2) is 0 Å². The number of hydrogen-bond donors (Lipinski definition) is 0. The van der Waals surface area contributed by atoms with Crippen LogP contribution in [-0.4, -0.2) is 48.9 Å². The topological polar surface area (TPSA) is 47.3 Å². The third-order valence-electron chi connectivity index (χ3n) is 4.05. The molecule has 1 aliphatic carbocycles. The lowest BCUT2D eigenvalue weighted by Gasteiger charge is -2.30. The van der Waals surface area contributed by atoms with Crippen LogP contribution in [0.25, 0.3) is 0 Å². The molecule has 21 heavy (non-hydrogen) atoms. The number of benzene rings is 1. The third-order valence-corrected chi connectivity index (χ3v) is 4.05. The van der Waals surface area contributed by atoms with Crippen LogP contribution in [0.5, 0.6) is 0 Å². The van der Waals surface area contributed by atoms with Crippen molar-refractivity contribution in [3.05, 3.63) is 35.4 Å². The average molecular weight is 285 g/mol. The molecule has 0 bridgehead atoms. The van der Waals surface area contributed by atoms with E-state index >= 15 is 0 Å². The van der Waals surface area contributed by atoms with Crippen LogP contribution in [0.15, 0.2) is 24.3 Å². The second kappa shape index (κ2) is 7.24. The van der Waals surface area contributed by atoms with Crippen molar-refractivity contribution in [1.82, 2.24) is 9.80 Å². The van der Waals surface area contributed by atoms with Crippen LogP contribution in [0, 0.1) is 11.3 Å². The first-order valence-corrected chi connectivity index (χ1v) is 7.57. The molecule has 0 unspecified atom stereocenters. The van der Waals surface area contributed by atoms with E-state index in [1.54, 1.807) is 24.3 Å². The fourth-order valence-corrected chi connectivity index (χ4v) is 2.86. The van der Waals surface area contributed by atoms with Crippen molar-refractivity contribution in [2.24, 2.45) is 0 Å². The molecule has 0 heterocycles. The predicted octanol–water partition coefficient (Wildman–Crippen LogP) is 2.50. The van der Waals surface area contributed by atoms with Gasteiger partial charge in [-0.05, 0) is 45.1 Å². The van der Waals surface area contributed by atoms with E-state index in [1.807, 2.05) is 19.0 Å². The number of carbonyl (C=O) groups is 1. The van der Waals surface area contributed by atoms with Gasteiger partial charge >= 0.3 is 0 Å². The lowest BCUT2D eigenvalue weighted by molar-refractivity contribution is 0.0667. The van der Waals surface area contributed by atoms with Gasteiger partial charge in [0, 0.05) is 24.7 Å². The highest BCUT2D eigenvalue weighted by Gasteiger charge is 2.27. The van der Waals surface area contributed by atoms with Crippen LogP contribution < -0.4 is 0 Å². The zero-order valence-electron chi connectivity index (χ0n) is 12.9. The zero-order valence-corrected chi connectivity index (χ0v) is 12.9. The summed E-state index contributed by atoms with van der Waals surface area (Å²) in [6.07, 6.45) is 4.59. The summed E-state index contributed by atoms with van der Waals surface area (Å²) in [5, 5.41) is 8.99. The molecule has 0 spiro atoms. The summed E-state index contributed by atoms with van der Waals surface area (Å²) in [5.41, 5.74) is 1.17. The Morgan fingerprint density at radius 3 is 2.62 bits per heavy atom. The molecule has 0 aromatic heterocycles. The van der Waals surface area contributed by atoms with Gasteiger partial charge in [-0.25, -0.2) is 0 Å². The smallest absolute Gasteiger partial charge is 0.254 e. The maximum atomic E-state index is 12.8. The molecule has 0 saturated heterocycles. The molecule has 112 valence electrons. The maximum absolute atomic E-state index is 12.8. The van der Waals surface area contributed by atoms with Gasteiger partial charge in [0.2, 0.25) is 0 Å². The minimum atomic E-state index is 0.0563. The van der Waals surface area contributed by atoms with Gasteiger partial charge in [-0.2, -0.15) is 5.26 Å². The first kappa shape index (κ1) is 15.5. The standard InChI is InChI=1S/C17H23N3O/c1-19(2)10-11-20(16-8-3-4-9-16)17(21)15-7-5-6-14(12-15)13-18/h5-7,12,16H,3-4,8-11H2,1-2H3. The average Bonchev–Trinajstić information content (AvgIpc) is 3.01. The molecule has 2 rings (SSSR count). The molecule has 1 fully saturated rings. The summed E-state index contributed by atoms with van der Waals surface area (Å²) in [6, 6.07) is 9.47. The summed E-state index contributed by atoms with van der Waals surface area (Å²) >= 11 is 0. The summed E-state index contributed by atoms with van der Waals surface area (Å²) < 4.78 is 0. The molecule has 1 aromatic carbocycles. The summed E-state index contributed by atoms with van der Waals surface area (Å²) in [5.74, 6) is 0.0563. The normalized spacial score (nSPS) is 15.1. The van der Waals surface area contributed by atoms with Gasteiger partial charge in [0.1, 0.15) is 0 Å². The van der Waals surface area contributed by atoms with Crippen molar-refractivity contribution in [2.75, 3.05) is 27.2 Å². The Balaban J connectivity index is 2.17. The highest BCUT2D eigenvalue weighted by molar-refractivity contribution is 5.94. The summed E-state index contributed by atoms with van der Waals surface area (Å²) in [6.45, 7) is 1.60. The molecule has 0 radical (unpaired) electrons. The molecular weight excluding hydrogens is 262 g/mol. The van der Waals surface area contributed by atoms with Crippen LogP contribution in [0.4, 0.5) is 0 Å². The Bertz CT molecular complexity index is 527. The fourth-order valence-electron chi connectivity index (χ4n) is 2.86. The van der Waals surface area contributed by atoms with Gasteiger partial charge in [-0.1, -0.05) is 18.9 Å². The van der Waals surface area contributed by atoms with E-state index in [-0.39, 0.29) is 5.91 Å². The predicted molar refractivity (Wildman–Crippen MR) is 83.0 cm³/mol. The van der Waals surface area contributed by atoms with Gasteiger partial charge < -0.3 is 9.80 Å². The van der Waals surface area contributed by atoms with Crippen LogP contribution in [0.2, 0.25) is 0 Å². The lowest BCUT2D eigenvalue weighted by atomic mass is 10.1. The molecule has 4 heteroatoms. The van der Waals surface area contributed by atoms with E-state index in [4.69, 9.17) is 5.26 Å². The number of hydrogen-bond acceptors (Lipinski definition) is 3. The first-order chi connectivity index (χ1) is 10.1. The number of nitrogens with zero attached hydrogens (tertiary/aromatic N) is 3. The second-order valence-electron chi connectivity index (χ2n) is 5.93. The summed E-state index contributed by atoms with van der Waals surface area (Å²) in [4.78, 5) is 16.9. The number of carbonyl (C=O) groups excluding carboxylic acids is 1. The molecule has 4 nitrogen and oxygen atoms in total. The van der Waals surface area contributed by atoms with Gasteiger partial charge in [0.05, 0.1) is 11.6 Å². The largest absolute Gasteiger partial charge is 0.334 e. The number of rotatable bonds is 5. The van der Waals surface area contributed by atoms with E-state index in [0.717, 1.165) is 25.9 Å². The maximum Gasteiger partial charge on any atom is 0.254 e. The number of amides is 1. The number of likely N-dealkylation sites (N-methyl/N-ethyl adjacent to an activating group) is 1. The van der Waals surface area contributed by atoms with E-state index in [2.05, 4.69) is 11.0 Å². The van der Waals surface area contributed by atoms with Crippen molar-refractivity contribution in [3.63, 3.8) is 0 Å². The van der Waals surface area contributed by atoms with Crippen LogP contribution >= 0.6 is 0 Å². The van der Waals surface area contributed by atoms with Crippen molar-refractivity contribution in [3.8, 4) is 6.07 Å². The van der Waals surface area contributed by atoms with Gasteiger partial charge in [-0.15, -0.1) is 0 Å². The molecule has 1 aromatic rings. The highest BCUT2D eigenvalue weighted by Crippen LogP contribution is 2.25. The van der Waals surface area contributed by atoms with Crippen molar-refractivity contribution >= 4 is 5.91 Å². The van der Waals surface area contributed by atoms with Gasteiger partial charge in [0.25, 0.3) is 5.91 Å². The Labute approximate surface area is 127 Å². The van der Waals surface area contributed by atoms with E-state index in [0.29, 0.717) is 17.2 Å². The van der Waals surface area contributed by atoms with Crippen LogP contribution in [0.1, 0.15) is 41.6 Å². The lowest BCUT2D eigenvalue weighted by Crippen LogP contribution is -2.42. The minimum Gasteiger partial charge on any atom is -0.334 e. The van der Waals surface area contributed by atoms with Gasteiger partial charge in [-0.3, -0.25) is 4.79 Å². The zero-order chi connectivity index (χ0) is 15.2.